The first-order valence-corrected chi connectivity index (χ1v) is 9.51. The van der Waals surface area contributed by atoms with Gasteiger partial charge in [0.2, 0.25) is 0 Å². The van der Waals surface area contributed by atoms with Crippen LogP contribution in [0.15, 0.2) is 42.5 Å². The molecule has 0 saturated carbocycles. The molecule has 5 nitrogen and oxygen atoms in total. The molecular formula is C22H26N4O. The zero-order chi connectivity index (χ0) is 18.8. The third kappa shape index (κ3) is 3.60. The molecule has 1 aliphatic rings. The Morgan fingerprint density at radius 2 is 1.93 bits per heavy atom. The van der Waals surface area contributed by atoms with Crippen molar-refractivity contribution in [1.82, 2.24) is 15.1 Å². The van der Waals surface area contributed by atoms with Crippen LogP contribution in [0.4, 0.5) is 5.82 Å². The van der Waals surface area contributed by atoms with Crippen molar-refractivity contribution < 1.29 is 4.74 Å². The summed E-state index contributed by atoms with van der Waals surface area (Å²) in [4.78, 5) is 2.37. The minimum atomic E-state index is 0.410. The van der Waals surface area contributed by atoms with E-state index in [2.05, 4.69) is 52.6 Å². The van der Waals surface area contributed by atoms with Crippen molar-refractivity contribution in [3.63, 3.8) is 0 Å². The van der Waals surface area contributed by atoms with Gasteiger partial charge in [-0.2, -0.15) is 0 Å². The van der Waals surface area contributed by atoms with Gasteiger partial charge in [-0.25, -0.2) is 0 Å². The molecule has 1 aliphatic heterocycles. The molecule has 1 atom stereocenters. The highest BCUT2D eigenvalue weighted by Gasteiger charge is 2.20. The normalized spacial score (nSPS) is 17.8. The quantitative estimate of drug-likeness (QED) is 0.757. The smallest absolute Gasteiger partial charge is 0.157 e. The van der Waals surface area contributed by atoms with Crippen molar-refractivity contribution in [2.45, 2.75) is 25.8 Å². The average molecular weight is 362 g/mol. The van der Waals surface area contributed by atoms with Crippen molar-refractivity contribution in [2.75, 3.05) is 32.6 Å². The molecule has 2 heterocycles. The highest BCUT2D eigenvalue weighted by molar-refractivity contribution is 6.02. The van der Waals surface area contributed by atoms with Gasteiger partial charge in [-0.05, 0) is 63.2 Å². The van der Waals surface area contributed by atoms with Gasteiger partial charge in [0.25, 0.3) is 0 Å². The number of rotatable bonds is 4. The maximum absolute atomic E-state index is 5.27. The van der Waals surface area contributed by atoms with Crippen LogP contribution in [0.2, 0.25) is 0 Å². The fraction of sp³-hybridized carbons (Fsp3) is 0.364. The van der Waals surface area contributed by atoms with Crippen LogP contribution in [0.1, 0.15) is 18.4 Å². The Morgan fingerprint density at radius 1 is 1.11 bits per heavy atom. The Hall–Kier alpha value is -2.66. The van der Waals surface area contributed by atoms with Crippen LogP contribution in [0, 0.1) is 6.92 Å². The maximum Gasteiger partial charge on any atom is 0.157 e. The summed E-state index contributed by atoms with van der Waals surface area (Å²) in [5.41, 5.74) is 3.16. The summed E-state index contributed by atoms with van der Waals surface area (Å²) in [6.45, 7) is 4.34. The molecular weight excluding hydrogens is 336 g/mol. The molecule has 0 unspecified atom stereocenters. The lowest BCUT2D eigenvalue weighted by molar-refractivity contribution is 0.261. The fourth-order valence-corrected chi connectivity index (χ4v) is 3.92. The Balaban J connectivity index is 1.76. The van der Waals surface area contributed by atoms with Crippen LogP contribution in [0.25, 0.3) is 22.0 Å². The van der Waals surface area contributed by atoms with E-state index in [9.17, 15) is 0 Å². The molecule has 0 spiro atoms. The molecule has 1 aromatic heterocycles. The SMILES string of the molecule is COc1ccc(-c2nnc(N[C@@H]3CCCN(C)C3)c3c(C)cccc23)cc1. The number of benzene rings is 2. The molecule has 140 valence electrons. The minimum absolute atomic E-state index is 0.410. The van der Waals surface area contributed by atoms with Crippen LogP contribution in [0.3, 0.4) is 0 Å². The number of likely N-dealkylation sites (tertiary alicyclic amines) is 1. The van der Waals surface area contributed by atoms with E-state index in [1.54, 1.807) is 7.11 Å². The van der Waals surface area contributed by atoms with Gasteiger partial charge in [0, 0.05) is 28.9 Å². The number of anilines is 1. The number of methoxy groups -OCH3 is 1. The van der Waals surface area contributed by atoms with Crippen molar-refractivity contribution >= 4 is 16.6 Å². The third-order valence-corrected chi connectivity index (χ3v) is 5.34. The fourth-order valence-electron chi connectivity index (χ4n) is 3.92. The lowest BCUT2D eigenvalue weighted by atomic mass is 10.0. The number of aromatic nitrogens is 2. The van der Waals surface area contributed by atoms with Gasteiger partial charge < -0.3 is 15.0 Å². The summed E-state index contributed by atoms with van der Waals surface area (Å²) in [6, 6.07) is 14.8. The second-order valence-electron chi connectivity index (χ2n) is 7.37. The van der Waals surface area contributed by atoms with Gasteiger partial charge in [-0.3, -0.25) is 0 Å². The van der Waals surface area contributed by atoms with E-state index in [0.29, 0.717) is 6.04 Å². The van der Waals surface area contributed by atoms with Crippen LogP contribution >= 0.6 is 0 Å². The predicted octanol–water partition coefficient (Wildman–Crippen LogP) is 4.12. The molecule has 0 amide bonds. The van der Waals surface area contributed by atoms with Crippen LogP contribution < -0.4 is 10.1 Å². The Bertz CT molecular complexity index is 939. The Labute approximate surface area is 160 Å². The Morgan fingerprint density at radius 3 is 2.67 bits per heavy atom. The second kappa shape index (κ2) is 7.53. The number of nitrogens with one attached hydrogen (secondary N) is 1. The predicted molar refractivity (Wildman–Crippen MR) is 110 cm³/mol. The molecule has 5 heteroatoms. The Kier molecular flexibility index (Phi) is 4.94. The first-order valence-electron chi connectivity index (χ1n) is 9.51. The van der Waals surface area contributed by atoms with Crippen LogP contribution in [-0.4, -0.2) is 48.4 Å². The first kappa shape index (κ1) is 17.7. The highest BCUT2D eigenvalue weighted by atomic mass is 16.5. The number of hydrogen-bond acceptors (Lipinski definition) is 5. The van der Waals surface area contributed by atoms with Crippen molar-refractivity contribution in [1.29, 1.82) is 0 Å². The van der Waals surface area contributed by atoms with Gasteiger partial charge in [-0.15, -0.1) is 10.2 Å². The molecule has 1 N–H and O–H groups in total. The molecule has 27 heavy (non-hydrogen) atoms. The summed E-state index contributed by atoms with van der Waals surface area (Å²) in [5.74, 6) is 1.73. The molecule has 1 fully saturated rings. The van der Waals surface area contributed by atoms with E-state index in [1.165, 1.54) is 24.9 Å². The summed E-state index contributed by atoms with van der Waals surface area (Å²) in [6.07, 6.45) is 2.38. The van der Waals surface area contributed by atoms with E-state index in [4.69, 9.17) is 4.74 Å². The summed E-state index contributed by atoms with van der Waals surface area (Å²) in [7, 11) is 3.85. The molecule has 0 aliphatic carbocycles. The van der Waals surface area contributed by atoms with E-state index in [0.717, 1.165) is 40.1 Å². The van der Waals surface area contributed by atoms with Gasteiger partial charge >= 0.3 is 0 Å². The van der Waals surface area contributed by atoms with Crippen LogP contribution in [-0.2, 0) is 0 Å². The second-order valence-corrected chi connectivity index (χ2v) is 7.37. The van der Waals surface area contributed by atoms with Gasteiger partial charge in [0.05, 0.1) is 7.11 Å². The number of hydrogen-bond donors (Lipinski definition) is 1. The molecule has 4 rings (SSSR count). The van der Waals surface area contributed by atoms with Gasteiger partial charge in [0.1, 0.15) is 11.4 Å². The number of piperidine rings is 1. The number of likely N-dealkylation sites (N-methyl/N-ethyl adjacent to an activating group) is 1. The zero-order valence-electron chi connectivity index (χ0n) is 16.2. The highest BCUT2D eigenvalue weighted by Crippen LogP contribution is 2.33. The van der Waals surface area contributed by atoms with Gasteiger partial charge in [-0.1, -0.05) is 18.2 Å². The van der Waals surface area contributed by atoms with Crippen LogP contribution in [0.5, 0.6) is 5.75 Å². The first-order chi connectivity index (χ1) is 13.2. The monoisotopic (exact) mass is 362 g/mol. The minimum Gasteiger partial charge on any atom is -0.497 e. The summed E-state index contributed by atoms with van der Waals surface area (Å²) < 4.78 is 5.27. The lowest BCUT2D eigenvalue weighted by Crippen LogP contribution is -2.40. The topological polar surface area (TPSA) is 50.3 Å². The van der Waals surface area contributed by atoms with Crippen molar-refractivity contribution in [3.05, 3.63) is 48.0 Å². The van der Waals surface area contributed by atoms with Crippen molar-refractivity contribution in [3.8, 4) is 17.0 Å². The molecule has 3 aromatic rings. The molecule has 1 saturated heterocycles. The molecule has 2 aromatic carbocycles. The largest absolute Gasteiger partial charge is 0.497 e. The van der Waals surface area contributed by atoms with E-state index >= 15 is 0 Å². The molecule has 0 bridgehead atoms. The zero-order valence-corrected chi connectivity index (χ0v) is 16.2. The van der Waals surface area contributed by atoms with E-state index in [-0.39, 0.29) is 0 Å². The maximum atomic E-state index is 5.27. The molecule has 0 radical (unpaired) electrons. The van der Waals surface area contributed by atoms with E-state index in [1.807, 2.05) is 24.3 Å². The summed E-state index contributed by atoms with van der Waals surface area (Å²) in [5, 5.41) is 15.1. The number of nitrogens with zero attached hydrogens (tertiary/aromatic N) is 3. The number of ether oxygens (including phenoxy) is 1. The van der Waals surface area contributed by atoms with E-state index < -0.39 is 0 Å². The number of fused-ring (bicyclic) bond motifs is 1. The summed E-state index contributed by atoms with van der Waals surface area (Å²) >= 11 is 0. The van der Waals surface area contributed by atoms with Crippen molar-refractivity contribution in [2.24, 2.45) is 0 Å². The third-order valence-electron chi connectivity index (χ3n) is 5.34. The lowest BCUT2D eigenvalue weighted by Gasteiger charge is -2.30. The average Bonchev–Trinajstić information content (AvgIpc) is 2.68. The van der Waals surface area contributed by atoms with Gasteiger partial charge in [0.15, 0.2) is 5.82 Å². The number of aryl methyl sites for hydroxylation is 1. The standard InChI is InChI=1S/C22H26N4O/c1-15-6-4-8-19-20(15)22(23-17-7-5-13-26(2)14-17)25-24-21(19)16-9-11-18(27-3)12-10-16/h4,6,8-12,17H,5,7,13-14H2,1-3H3,(H,23,25)/t17-/m1/s1.